The van der Waals surface area contributed by atoms with Gasteiger partial charge in [-0.15, -0.1) is 0 Å². The minimum atomic E-state index is -0.614. The van der Waals surface area contributed by atoms with Crippen molar-refractivity contribution < 1.29 is 20.1 Å². The van der Waals surface area contributed by atoms with Gasteiger partial charge in [0.1, 0.15) is 0 Å². The summed E-state index contributed by atoms with van der Waals surface area (Å²) in [6.07, 6.45) is 14.1. The highest BCUT2D eigenvalue weighted by Gasteiger charge is 2.29. The molecule has 0 aromatic heterocycles. The number of aliphatic hydroxyl groups is 3. The average molecular weight is 332 g/mol. The largest absolute Gasteiger partial charge is 0.396 e. The van der Waals surface area contributed by atoms with E-state index in [1.165, 1.54) is 51.4 Å². The SMILES string of the molecule is CCCCCCCCCCCCOC(C[CH]O)(CCO)CCO. The van der Waals surface area contributed by atoms with Gasteiger partial charge in [0.25, 0.3) is 0 Å². The van der Waals surface area contributed by atoms with Gasteiger partial charge in [-0.05, 0) is 19.3 Å². The predicted octanol–water partition coefficient (Wildman–Crippen LogP) is 4.35. The molecule has 0 saturated heterocycles. The Bertz CT molecular complexity index is 216. The molecule has 0 bridgehead atoms. The fraction of sp³-hybridized carbons (Fsp3) is 0.947. The van der Waals surface area contributed by atoms with Gasteiger partial charge in [0.05, 0.1) is 12.2 Å². The lowest BCUT2D eigenvalue weighted by atomic mass is 9.92. The van der Waals surface area contributed by atoms with Gasteiger partial charge >= 0.3 is 0 Å². The Morgan fingerprint density at radius 3 is 1.70 bits per heavy atom. The maximum absolute atomic E-state index is 9.18. The lowest BCUT2D eigenvalue weighted by Crippen LogP contribution is -2.35. The van der Waals surface area contributed by atoms with Crippen LogP contribution in [0.1, 0.15) is 90.4 Å². The van der Waals surface area contributed by atoms with E-state index in [1.54, 1.807) is 0 Å². The topological polar surface area (TPSA) is 69.9 Å². The monoisotopic (exact) mass is 331 g/mol. The van der Waals surface area contributed by atoms with Crippen molar-refractivity contribution in [2.75, 3.05) is 19.8 Å². The highest BCUT2D eigenvalue weighted by atomic mass is 16.5. The summed E-state index contributed by atoms with van der Waals surface area (Å²) in [7, 11) is 0. The molecule has 0 rings (SSSR count). The van der Waals surface area contributed by atoms with E-state index < -0.39 is 5.60 Å². The van der Waals surface area contributed by atoms with Gasteiger partial charge in [-0.2, -0.15) is 0 Å². The summed E-state index contributed by atoms with van der Waals surface area (Å²) in [5.41, 5.74) is -0.614. The second-order valence-electron chi connectivity index (χ2n) is 6.55. The first-order valence-corrected chi connectivity index (χ1v) is 9.56. The summed E-state index contributed by atoms with van der Waals surface area (Å²) < 4.78 is 5.91. The van der Waals surface area contributed by atoms with E-state index in [2.05, 4.69) is 6.92 Å². The van der Waals surface area contributed by atoms with Crippen LogP contribution in [0.4, 0.5) is 0 Å². The molecule has 139 valence electrons. The summed E-state index contributed by atoms with van der Waals surface area (Å²) in [5, 5.41) is 27.4. The van der Waals surface area contributed by atoms with E-state index in [0.717, 1.165) is 19.4 Å². The Balaban J connectivity index is 3.65. The molecule has 4 heteroatoms. The van der Waals surface area contributed by atoms with Gasteiger partial charge in [0.2, 0.25) is 0 Å². The normalized spacial score (nSPS) is 12.0. The Morgan fingerprint density at radius 1 is 0.783 bits per heavy atom. The Labute approximate surface area is 143 Å². The van der Waals surface area contributed by atoms with Gasteiger partial charge in [0.15, 0.2) is 0 Å². The fourth-order valence-corrected chi connectivity index (χ4v) is 2.98. The summed E-state index contributed by atoms with van der Waals surface area (Å²) in [6.45, 7) is 3.96. The maximum Gasteiger partial charge on any atom is 0.0827 e. The quantitative estimate of drug-likeness (QED) is 0.327. The molecule has 0 spiro atoms. The molecule has 0 heterocycles. The van der Waals surface area contributed by atoms with E-state index in [1.807, 2.05) is 0 Å². The molecule has 3 N–H and O–H groups in total. The van der Waals surface area contributed by atoms with E-state index >= 15 is 0 Å². The van der Waals surface area contributed by atoms with E-state index in [-0.39, 0.29) is 13.2 Å². The molecule has 1 radical (unpaired) electrons. The van der Waals surface area contributed by atoms with Crippen molar-refractivity contribution in [2.45, 2.75) is 96.0 Å². The predicted molar refractivity (Wildman–Crippen MR) is 94.8 cm³/mol. The van der Waals surface area contributed by atoms with Crippen LogP contribution in [0, 0.1) is 6.61 Å². The van der Waals surface area contributed by atoms with Gasteiger partial charge in [-0.1, -0.05) is 64.7 Å². The summed E-state index contributed by atoms with van der Waals surface area (Å²) >= 11 is 0. The van der Waals surface area contributed by atoms with Crippen molar-refractivity contribution >= 4 is 0 Å². The summed E-state index contributed by atoms with van der Waals surface area (Å²) in [4.78, 5) is 0. The molecule has 0 aromatic rings. The molecular weight excluding hydrogens is 292 g/mol. The molecule has 0 atom stereocenters. The first kappa shape index (κ1) is 22.8. The molecular formula is C19H39O4. The second-order valence-corrected chi connectivity index (χ2v) is 6.55. The van der Waals surface area contributed by atoms with Crippen molar-refractivity contribution in [2.24, 2.45) is 0 Å². The standard InChI is InChI=1S/C19H39O4/c1-2-3-4-5-6-7-8-9-10-11-18-23-19(12-15-20,13-16-21)14-17-22/h15,20-22H,2-14,16-18H2,1H3. The van der Waals surface area contributed by atoms with Crippen LogP contribution < -0.4 is 0 Å². The van der Waals surface area contributed by atoms with Crippen molar-refractivity contribution in [1.82, 2.24) is 0 Å². The zero-order chi connectivity index (χ0) is 17.2. The highest BCUT2D eigenvalue weighted by molar-refractivity contribution is 4.83. The van der Waals surface area contributed by atoms with Gasteiger partial charge in [-0.25, -0.2) is 0 Å². The fourth-order valence-electron chi connectivity index (χ4n) is 2.98. The van der Waals surface area contributed by atoms with Crippen molar-refractivity contribution in [3.63, 3.8) is 0 Å². The number of aliphatic hydroxyl groups excluding tert-OH is 3. The minimum absolute atomic E-state index is 0.00582. The molecule has 0 saturated carbocycles. The molecule has 0 amide bonds. The average Bonchev–Trinajstić information content (AvgIpc) is 2.53. The number of unbranched alkanes of at least 4 members (excludes halogenated alkanes) is 9. The molecule has 23 heavy (non-hydrogen) atoms. The molecule has 0 aliphatic rings. The van der Waals surface area contributed by atoms with Crippen LogP contribution in [0.3, 0.4) is 0 Å². The molecule has 0 aromatic carbocycles. The molecule has 0 unspecified atom stereocenters. The lowest BCUT2D eigenvalue weighted by molar-refractivity contribution is -0.0798. The van der Waals surface area contributed by atoms with Crippen LogP contribution in [-0.2, 0) is 4.74 Å². The van der Waals surface area contributed by atoms with Crippen molar-refractivity contribution in [3.8, 4) is 0 Å². The van der Waals surface area contributed by atoms with Gasteiger partial charge < -0.3 is 20.1 Å². The van der Waals surface area contributed by atoms with E-state index in [0.29, 0.717) is 25.9 Å². The number of hydrogen-bond acceptors (Lipinski definition) is 4. The zero-order valence-electron chi connectivity index (χ0n) is 15.1. The zero-order valence-corrected chi connectivity index (χ0v) is 15.1. The third-order valence-corrected chi connectivity index (χ3v) is 4.50. The second kappa shape index (κ2) is 16.7. The first-order valence-electron chi connectivity index (χ1n) is 9.56. The molecule has 0 fully saturated rings. The Morgan fingerprint density at radius 2 is 1.26 bits per heavy atom. The third-order valence-electron chi connectivity index (χ3n) is 4.50. The number of ether oxygens (including phenoxy) is 1. The summed E-state index contributed by atoms with van der Waals surface area (Å²) in [5.74, 6) is 0. The minimum Gasteiger partial charge on any atom is -0.396 e. The van der Waals surface area contributed by atoms with Crippen molar-refractivity contribution in [1.29, 1.82) is 0 Å². The third kappa shape index (κ3) is 12.9. The summed E-state index contributed by atoms with van der Waals surface area (Å²) in [6, 6.07) is 0. The number of hydrogen-bond donors (Lipinski definition) is 3. The molecule has 0 aliphatic carbocycles. The lowest BCUT2D eigenvalue weighted by Gasteiger charge is -2.32. The van der Waals surface area contributed by atoms with Crippen LogP contribution in [0.5, 0.6) is 0 Å². The highest BCUT2D eigenvalue weighted by Crippen LogP contribution is 2.26. The first-order chi connectivity index (χ1) is 11.2. The van der Waals surface area contributed by atoms with Gasteiger partial charge in [0, 0.05) is 26.2 Å². The maximum atomic E-state index is 9.18. The number of rotatable bonds is 18. The van der Waals surface area contributed by atoms with Gasteiger partial charge in [-0.3, -0.25) is 0 Å². The van der Waals surface area contributed by atoms with E-state index in [4.69, 9.17) is 9.84 Å². The van der Waals surface area contributed by atoms with Crippen LogP contribution in [0.25, 0.3) is 0 Å². The van der Waals surface area contributed by atoms with E-state index in [9.17, 15) is 10.2 Å². The van der Waals surface area contributed by atoms with Crippen LogP contribution in [-0.4, -0.2) is 40.7 Å². The van der Waals surface area contributed by atoms with Crippen LogP contribution >= 0.6 is 0 Å². The van der Waals surface area contributed by atoms with Crippen molar-refractivity contribution in [3.05, 3.63) is 6.61 Å². The molecule has 4 nitrogen and oxygen atoms in total. The Hall–Kier alpha value is -0.160. The van der Waals surface area contributed by atoms with Crippen LogP contribution in [0.15, 0.2) is 0 Å². The smallest absolute Gasteiger partial charge is 0.0827 e. The molecule has 0 aliphatic heterocycles. The Kier molecular flexibility index (Phi) is 16.6. The van der Waals surface area contributed by atoms with Crippen LogP contribution in [0.2, 0.25) is 0 Å².